The minimum atomic E-state index is -0.405. The monoisotopic (exact) mass is 1080 g/mol. The third-order valence-electron chi connectivity index (χ3n) is 13.8. The molecule has 3 aromatic heterocycles. The molecule has 11 rings (SSSR count). The van der Waals surface area contributed by atoms with E-state index in [1.54, 1.807) is 0 Å². The van der Waals surface area contributed by atoms with Crippen LogP contribution in [0.4, 0.5) is 0 Å². The summed E-state index contributed by atoms with van der Waals surface area (Å²) in [5, 5.41) is 16.7. The Hall–Kier alpha value is -7.07. The molecule has 1 N–H and O–H groups in total. The average Bonchev–Trinajstić information content (AvgIpc) is 3.93. The summed E-state index contributed by atoms with van der Waals surface area (Å²) in [6.07, 6.45) is 1.84. The van der Waals surface area contributed by atoms with Crippen molar-refractivity contribution in [2.45, 2.75) is 71.6 Å². The van der Waals surface area contributed by atoms with Crippen LogP contribution in [0, 0.1) is 6.07 Å². The van der Waals surface area contributed by atoms with Crippen molar-refractivity contribution in [1.82, 2.24) is 14.5 Å². The van der Waals surface area contributed by atoms with Crippen molar-refractivity contribution in [1.29, 1.82) is 0 Å². The number of rotatable bonds is 7. The van der Waals surface area contributed by atoms with Gasteiger partial charge in [-0.05, 0) is 57.2 Å². The van der Waals surface area contributed by atoms with E-state index < -0.39 is 5.41 Å². The molecule has 0 aliphatic rings. The molecule has 0 aliphatic heterocycles. The van der Waals surface area contributed by atoms with Crippen molar-refractivity contribution >= 4 is 43.7 Å². The molecule has 0 saturated carbocycles. The molecule has 6 heteroatoms. The Labute approximate surface area is 418 Å². The Balaban J connectivity index is 0.00000553. The summed E-state index contributed by atoms with van der Waals surface area (Å²) >= 11 is 0. The summed E-state index contributed by atoms with van der Waals surface area (Å²) in [5.74, 6) is 0.898. The summed E-state index contributed by atoms with van der Waals surface area (Å²) in [6, 6.07) is 63.5. The van der Waals surface area contributed by atoms with Crippen LogP contribution in [0.25, 0.3) is 94.3 Å². The fourth-order valence-electron chi connectivity index (χ4n) is 9.96. The second-order valence-corrected chi connectivity index (χ2v) is 20.7. The topological polar surface area (TPSA) is 64.1 Å². The van der Waals surface area contributed by atoms with Crippen LogP contribution in [0.5, 0.6) is 5.75 Å². The molecule has 344 valence electrons. The number of phenolic OH excluding ortho intramolecular Hbond substituents is 1. The number of aromatic nitrogens is 3. The van der Waals surface area contributed by atoms with Gasteiger partial charge in [-0.25, -0.2) is 4.98 Å². The third kappa shape index (κ3) is 7.87. The molecule has 0 bridgehead atoms. The first-order chi connectivity index (χ1) is 32.7. The maximum Gasteiger partial charge on any atom is 0.148 e. The van der Waals surface area contributed by atoms with E-state index in [0.29, 0.717) is 11.4 Å². The van der Waals surface area contributed by atoms with Crippen LogP contribution in [0.1, 0.15) is 77.6 Å². The van der Waals surface area contributed by atoms with Gasteiger partial charge in [0, 0.05) is 65.7 Å². The molecule has 5 nitrogen and oxygen atoms in total. The molecule has 3 heterocycles. The van der Waals surface area contributed by atoms with E-state index in [-0.39, 0.29) is 37.6 Å². The Bertz CT molecular complexity index is 3740. The molecule has 8 aromatic carbocycles. The summed E-state index contributed by atoms with van der Waals surface area (Å²) in [5.41, 5.74) is 14.0. The maximum absolute atomic E-state index is 12.6. The van der Waals surface area contributed by atoms with Crippen LogP contribution in [0.15, 0.2) is 180 Å². The minimum absolute atomic E-state index is 0. The molecule has 0 fully saturated rings. The second-order valence-electron chi connectivity index (χ2n) is 20.7. The van der Waals surface area contributed by atoms with Crippen LogP contribution in [0.3, 0.4) is 0 Å². The van der Waals surface area contributed by atoms with Gasteiger partial charge in [0.15, 0.2) is 0 Å². The van der Waals surface area contributed by atoms with E-state index in [4.69, 9.17) is 14.4 Å². The molecular formula is C63H54N3O2Pt-. The Kier molecular flexibility index (Phi) is 11.4. The normalized spacial score (nSPS) is 12.3. The third-order valence-corrected chi connectivity index (χ3v) is 13.8. The molecule has 69 heavy (non-hydrogen) atoms. The summed E-state index contributed by atoms with van der Waals surface area (Å²) in [7, 11) is 0. The number of nitrogens with zero attached hydrogens (tertiary/aromatic N) is 3. The van der Waals surface area contributed by atoms with Gasteiger partial charge in [0.05, 0.1) is 22.3 Å². The molecular weight excluding hydrogens is 1030 g/mol. The molecule has 0 atom stereocenters. The van der Waals surface area contributed by atoms with Gasteiger partial charge < -0.3 is 9.52 Å². The molecule has 0 unspecified atom stereocenters. The van der Waals surface area contributed by atoms with E-state index in [9.17, 15) is 5.11 Å². The average molecular weight is 1080 g/mol. The zero-order chi connectivity index (χ0) is 47.1. The van der Waals surface area contributed by atoms with Gasteiger partial charge in [0.25, 0.3) is 0 Å². The molecule has 0 amide bonds. The number of fused-ring (bicyclic) bond motifs is 6. The first kappa shape index (κ1) is 45.7. The summed E-state index contributed by atoms with van der Waals surface area (Å²) in [6.45, 7) is 17.7. The van der Waals surface area contributed by atoms with Gasteiger partial charge in [-0.15, -0.1) is 29.3 Å². The molecule has 0 saturated heterocycles. The van der Waals surface area contributed by atoms with Crippen LogP contribution in [-0.4, -0.2) is 19.6 Å². The summed E-state index contributed by atoms with van der Waals surface area (Å²) in [4.78, 5) is 10.8. The number of hydrogen-bond donors (Lipinski definition) is 1. The number of benzene rings is 8. The predicted molar refractivity (Wildman–Crippen MR) is 282 cm³/mol. The fourth-order valence-corrected chi connectivity index (χ4v) is 9.96. The van der Waals surface area contributed by atoms with Gasteiger partial charge >= 0.3 is 0 Å². The van der Waals surface area contributed by atoms with E-state index in [1.165, 1.54) is 5.56 Å². The fraction of sp³-hybridized carbons (Fsp3) is 0.175. The molecule has 0 radical (unpaired) electrons. The van der Waals surface area contributed by atoms with Crippen molar-refractivity contribution < 1.29 is 30.6 Å². The van der Waals surface area contributed by atoms with Crippen molar-refractivity contribution in [3.8, 4) is 56.3 Å². The van der Waals surface area contributed by atoms with E-state index in [0.717, 1.165) is 99.6 Å². The van der Waals surface area contributed by atoms with Gasteiger partial charge in [0.1, 0.15) is 22.7 Å². The van der Waals surface area contributed by atoms with E-state index in [1.807, 2.05) is 18.3 Å². The van der Waals surface area contributed by atoms with Crippen LogP contribution < -0.4 is 0 Å². The Morgan fingerprint density at radius 1 is 0.565 bits per heavy atom. The smallest absolute Gasteiger partial charge is 0.148 e. The maximum atomic E-state index is 12.6. The summed E-state index contributed by atoms with van der Waals surface area (Å²) < 4.78 is 8.94. The number of imidazole rings is 1. The zero-order valence-electron chi connectivity index (χ0n) is 40.3. The molecule has 0 aliphatic carbocycles. The van der Waals surface area contributed by atoms with Crippen LogP contribution in [0.2, 0.25) is 0 Å². The van der Waals surface area contributed by atoms with Crippen molar-refractivity contribution in [2.24, 2.45) is 0 Å². The number of furan rings is 1. The minimum Gasteiger partial charge on any atom is -0.507 e. The van der Waals surface area contributed by atoms with Crippen molar-refractivity contribution in [3.63, 3.8) is 0 Å². The number of phenols is 1. The SMILES string of the molecule is CC(C)(C)c1cc(-c2nc3c(-c4[c-]c(-c5nccc6oc7c8ccccc8ccc7c56)cc(C(C)(C)c5ccccc5)c4)cccc3n2-c2ccccc2-c2ccccc2)c(O)c(C(C)(C)C)c1.[Pt]. The van der Waals surface area contributed by atoms with Gasteiger partial charge in [-0.2, -0.15) is 0 Å². The second kappa shape index (κ2) is 17.2. The number of pyridine rings is 1. The molecule has 11 aromatic rings. The van der Waals surface area contributed by atoms with Gasteiger partial charge in [-0.1, -0.05) is 200 Å². The van der Waals surface area contributed by atoms with Crippen molar-refractivity contribution in [2.75, 3.05) is 0 Å². The first-order valence-corrected chi connectivity index (χ1v) is 23.5. The van der Waals surface area contributed by atoms with Crippen molar-refractivity contribution in [3.05, 3.63) is 204 Å². The first-order valence-electron chi connectivity index (χ1n) is 23.5. The standard InChI is InChI=1S/C63H54N3O2.Pt/c1-61(2,3)44-37-50(58(67)51(38-44)62(4,5)6)60-65-57-47(27-19-29-53(57)66(60)52-28-18-17-25-46(52)39-20-11-9-12-21-39)41-34-42(36-45(35-41)63(7,8)43-23-13-10-14-24-43)56-55-49-31-30-40-22-15-16-26-48(40)59(49)68-54(55)32-33-64-56;/h9-33,35-38,67H,1-8H3;/q-1;. The van der Waals surface area contributed by atoms with Gasteiger partial charge in [0.2, 0.25) is 0 Å². The predicted octanol–water partition coefficient (Wildman–Crippen LogP) is 16.6. The largest absolute Gasteiger partial charge is 0.507 e. The quantitative estimate of drug-likeness (QED) is 0.162. The van der Waals surface area contributed by atoms with Crippen LogP contribution in [-0.2, 0) is 37.3 Å². The number of para-hydroxylation sites is 2. The Morgan fingerprint density at radius 3 is 2.00 bits per heavy atom. The Morgan fingerprint density at radius 2 is 1.25 bits per heavy atom. The zero-order valence-corrected chi connectivity index (χ0v) is 42.5. The van der Waals surface area contributed by atoms with Gasteiger partial charge in [-0.3, -0.25) is 9.55 Å². The van der Waals surface area contributed by atoms with E-state index >= 15 is 0 Å². The number of aromatic hydroxyl groups is 1. The van der Waals surface area contributed by atoms with Crippen LogP contribution >= 0.6 is 0 Å². The van der Waals surface area contributed by atoms with E-state index in [2.05, 4.69) is 224 Å². The molecule has 0 spiro atoms. The number of hydrogen-bond acceptors (Lipinski definition) is 4.